The van der Waals surface area contributed by atoms with Gasteiger partial charge in [-0.2, -0.15) is 21.6 Å². The van der Waals surface area contributed by atoms with Crippen LogP contribution in [-0.4, -0.2) is 45.5 Å². The minimum absolute atomic E-state index is 0.00319. The van der Waals surface area contributed by atoms with Gasteiger partial charge in [-0.05, 0) is 45.3 Å². The normalized spacial score (nSPS) is 19.3. The van der Waals surface area contributed by atoms with Crippen molar-refractivity contribution < 1.29 is 39.8 Å². The summed E-state index contributed by atoms with van der Waals surface area (Å²) >= 11 is 0. The van der Waals surface area contributed by atoms with E-state index in [2.05, 4.69) is 4.18 Å². The molecule has 27 heavy (non-hydrogen) atoms. The van der Waals surface area contributed by atoms with Crippen molar-refractivity contribution in [1.29, 1.82) is 0 Å². The first kappa shape index (κ1) is 22.0. The van der Waals surface area contributed by atoms with Crippen molar-refractivity contribution >= 4 is 22.7 Å². The molecule has 0 aromatic heterocycles. The predicted molar refractivity (Wildman–Crippen MR) is 93.2 cm³/mol. The standard InChI is InChI=1S/C16H22BF3O6S/c1-14(2)15(3,4)26-17(25-14)12-6-8-13(9-7-12)23-10-5-11-24-27(21,22)16(18,19)20/h6-9H,5,10-11H2,1-4H3. The summed E-state index contributed by atoms with van der Waals surface area (Å²) in [6.45, 7) is 7.19. The Labute approximate surface area is 157 Å². The van der Waals surface area contributed by atoms with E-state index in [1.807, 2.05) is 27.7 Å². The Morgan fingerprint density at radius 2 is 1.52 bits per heavy atom. The molecule has 1 aromatic carbocycles. The van der Waals surface area contributed by atoms with Crippen LogP contribution < -0.4 is 10.2 Å². The van der Waals surface area contributed by atoms with Gasteiger partial charge in [-0.25, -0.2) is 0 Å². The third kappa shape index (κ3) is 5.15. The van der Waals surface area contributed by atoms with E-state index in [-0.39, 0.29) is 13.0 Å². The maximum atomic E-state index is 12.1. The molecular weight excluding hydrogens is 388 g/mol. The number of benzene rings is 1. The van der Waals surface area contributed by atoms with Gasteiger partial charge in [0.1, 0.15) is 5.75 Å². The van der Waals surface area contributed by atoms with Gasteiger partial charge in [0.2, 0.25) is 0 Å². The molecule has 0 saturated carbocycles. The Hall–Kier alpha value is -1.30. The summed E-state index contributed by atoms with van der Waals surface area (Å²) in [6, 6.07) is 6.88. The lowest BCUT2D eigenvalue weighted by atomic mass is 9.79. The molecule has 0 unspecified atom stereocenters. The van der Waals surface area contributed by atoms with E-state index in [0.29, 0.717) is 5.75 Å². The van der Waals surface area contributed by atoms with Crippen LogP contribution in [0.2, 0.25) is 0 Å². The van der Waals surface area contributed by atoms with Gasteiger partial charge in [0.05, 0.1) is 24.4 Å². The third-order valence-corrected chi connectivity index (χ3v) is 5.53. The lowest BCUT2D eigenvalue weighted by molar-refractivity contribution is -0.0544. The maximum Gasteiger partial charge on any atom is 0.523 e. The van der Waals surface area contributed by atoms with E-state index in [1.54, 1.807) is 24.3 Å². The van der Waals surface area contributed by atoms with Crippen molar-refractivity contribution in [3.63, 3.8) is 0 Å². The van der Waals surface area contributed by atoms with Gasteiger partial charge >= 0.3 is 22.7 Å². The number of ether oxygens (including phenoxy) is 1. The molecule has 0 aliphatic carbocycles. The smallest absolute Gasteiger partial charge is 0.494 e. The molecule has 0 radical (unpaired) electrons. The van der Waals surface area contributed by atoms with Gasteiger partial charge in [-0.3, -0.25) is 4.18 Å². The lowest BCUT2D eigenvalue weighted by Crippen LogP contribution is -2.41. The molecule has 1 heterocycles. The van der Waals surface area contributed by atoms with Crippen molar-refractivity contribution in [3.05, 3.63) is 24.3 Å². The molecule has 1 aliphatic heterocycles. The second kappa shape index (κ2) is 7.61. The fourth-order valence-corrected chi connectivity index (χ4v) is 2.66. The number of alkyl halides is 3. The van der Waals surface area contributed by atoms with Gasteiger partial charge < -0.3 is 14.0 Å². The minimum atomic E-state index is -5.56. The summed E-state index contributed by atoms with van der Waals surface area (Å²) in [5, 5.41) is 0. The average molecular weight is 410 g/mol. The van der Waals surface area contributed by atoms with Gasteiger partial charge in [0, 0.05) is 6.42 Å². The van der Waals surface area contributed by atoms with Gasteiger partial charge in [-0.15, -0.1) is 0 Å². The van der Waals surface area contributed by atoms with Crippen LogP contribution in [-0.2, 0) is 23.6 Å². The largest absolute Gasteiger partial charge is 0.523 e. The molecule has 1 aliphatic rings. The van der Waals surface area contributed by atoms with Gasteiger partial charge in [0.25, 0.3) is 0 Å². The zero-order valence-corrected chi connectivity index (χ0v) is 16.3. The Balaban J connectivity index is 1.80. The minimum Gasteiger partial charge on any atom is -0.494 e. The second-order valence-corrected chi connectivity index (χ2v) is 8.69. The van der Waals surface area contributed by atoms with Crippen molar-refractivity contribution in [2.24, 2.45) is 0 Å². The van der Waals surface area contributed by atoms with E-state index in [0.717, 1.165) is 5.46 Å². The van der Waals surface area contributed by atoms with E-state index in [9.17, 15) is 21.6 Å². The molecule has 1 saturated heterocycles. The van der Waals surface area contributed by atoms with Gasteiger partial charge in [-0.1, -0.05) is 12.1 Å². The molecule has 2 rings (SSSR count). The van der Waals surface area contributed by atoms with E-state index in [1.165, 1.54) is 0 Å². The molecule has 0 bridgehead atoms. The lowest BCUT2D eigenvalue weighted by Gasteiger charge is -2.32. The van der Waals surface area contributed by atoms with Crippen LogP contribution in [0.15, 0.2) is 24.3 Å². The Bertz CT molecular complexity index is 730. The van der Waals surface area contributed by atoms with E-state index < -0.39 is 40.6 Å². The Morgan fingerprint density at radius 3 is 2.00 bits per heavy atom. The third-order valence-electron chi connectivity index (χ3n) is 4.48. The highest BCUT2D eigenvalue weighted by Crippen LogP contribution is 2.36. The number of rotatable bonds is 7. The molecule has 0 atom stereocenters. The first-order valence-corrected chi connectivity index (χ1v) is 9.70. The number of hydrogen-bond acceptors (Lipinski definition) is 6. The maximum absolute atomic E-state index is 12.1. The highest BCUT2D eigenvalue weighted by atomic mass is 32.2. The topological polar surface area (TPSA) is 71.1 Å². The molecular formula is C16H22BF3O6S. The molecule has 0 amide bonds. The monoisotopic (exact) mass is 410 g/mol. The zero-order valence-electron chi connectivity index (χ0n) is 15.5. The quantitative estimate of drug-likeness (QED) is 0.298. The van der Waals surface area contributed by atoms with E-state index in [4.69, 9.17) is 14.0 Å². The summed E-state index contributed by atoms with van der Waals surface area (Å²) in [7, 11) is -6.07. The average Bonchev–Trinajstić information content (AvgIpc) is 2.74. The highest BCUT2D eigenvalue weighted by Gasteiger charge is 2.51. The van der Waals surface area contributed by atoms with Crippen molar-refractivity contribution in [1.82, 2.24) is 0 Å². The number of halogens is 3. The fourth-order valence-electron chi connectivity index (χ4n) is 2.18. The highest BCUT2D eigenvalue weighted by molar-refractivity contribution is 7.87. The summed E-state index contributed by atoms with van der Waals surface area (Å²) in [4.78, 5) is 0. The Kier molecular flexibility index (Phi) is 6.20. The van der Waals surface area contributed by atoms with Crippen molar-refractivity contribution in [2.45, 2.75) is 50.8 Å². The molecule has 6 nitrogen and oxygen atoms in total. The van der Waals surface area contributed by atoms with Crippen LogP contribution in [0, 0.1) is 0 Å². The molecule has 11 heteroatoms. The van der Waals surface area contributed by atoms with Crippen LogP contribution in [0.4, 0.5) is 13.2 Å². The molecule has 1 fully saturated rings. The van der Waals surface area contributed by atoms with Crippen LogP contribution in [0.3, 0.4) is 0 Å². The van der Waals surface area contributed by atoms with Crippen LogP contribution in [0.1, 0.15) is 34.1 Å². The van der Waals surface area contributed by atoms with Gasteiger partial charge in [0.15, 0.2) is 0 Å². The molecule has 0 N–H and O–H groups in total. The molecule has 1 aromatic rings. The molecule has 0 spiro atoms. The van der Waals surface area contributed by atoms with Crippen LogP contribution in [0.25, 0.3) is 0 Å². The predicted octanol–water partition coefficient (Wildman–Crippen LogP) is 2.62. The zero-order chi connectivity index (χ0) is 20.5. The van der Waals surface area contributed by atoms with E-state index >= 15 is 0 Å². The van der Waals surface area contributed by atoms with Crippen molar-refractivity contribution in [2.75, 3.05) is 13.2 Å². The summed E-state index contributed by atoms with van der Waals surface area (Å²) in [5.41, 5.74) is -5.52. The van der Waals surface area contributed by atoms with Crippen LogP contribution >= 0.6 is 0 Å². The molecule has 152 valence electrons. The summed E-state index contributed by atoms with van der Waals surface area (Å²) < 4.78 is 78.9. The van der Waals surface area contributed by atoms with Crippen LogP contribution in [0.5, 0.6) is 5.75 Å². The van der Waals surface area contributed by atoms with Crippen molar-refractivity contribution in [3.8, 4) is 5.75 Å². The summed E-state index contributed by atoms with van der Waals surface area (Å²) in [5.74, 6) is 0.481. The SMILES string of the molecule is CC1(C)OB(c2ccc(OCCCOS(=O)(=O)C(F)(F)F)cc2)OC1(C)C. The number of hydrogen-bond donors (Lipinski definition) is 0. The fraction of sp³-hybridized carbons (Fsp3) is 0.625. The Morgan fingerprint density at radius 1 is 1.00 bits per heavy atom. The second-order valence-electron chi connectivity index (χ2n) is 7.08. The summed E-state index contributed by atoms with van der Waals surface area (Å²) in [6.07, 6.45) is -0.0196. The first-order chi connectivity index (χ1) is 12.3. The first-order valence-electron chi connectivity index (χ1n) is 8.29.